The van der Waals surface area contributed by atoms with Crippen molar-refractivity contribution < 1.29 is 4.39 Å². The zero-order valence-electron chi connectivity index (χ0n) is 7.97. The van der Waals surface area contributed by atoms with E-state index in [2.05, 4.69) is 4.99 Å². The quantitative estimate of drug-likeness (QED) is 0.646. The Bertz CT molecular complexity index is 183. The Morgan fingerprint density at radius 1 is 1.58 bits per heavy atom. The van der Waals surface area contributed by atoms with Gasteiger partial charge in [-0.3, -0.25) is 4.99 Å². The SMILES string of the molecule is CC(=NCCF)/C(=C\N)C(C)C. The van der Waals surface area contributed by atoms with E-state index in [4.69, 9.17) is 5.73 Å². The molecular formula is C9H17FN2. The molecule has 0 atom stereocenters. The Morgan fingerprint density at radius 3 is 2.50 bits per heavy atom. The minimum Gasteiger partial charge on any atom is -0.404 e. The number of aliphatic imine (C=N–C) groups is 1. The second kappa shape index (κ2) is 5.75. The van der Waals surface area contributed by atoms with Gasteiger partial charge in [-0.25, -0.2) is 4.39 Å². The van der Waals surface area contributed by atoms with Crippen LogP contribution < -0.4 is 5.73 Å². The summed E-state index contributed by atoms with van der Waals surface area (Å²) >= 11 is 0. The molecule has 0 aliphatic heterocycles. The molecule has 0 saturated heterocycles. The smallest absolute Gasteiger partial charge is 0.109 e. The van der Waals surface area contributed by atoms with Crippen LogP contribution in [0.5, 0.6) is 0 Å². The van der Waals surface area contributed by atoms with Gasteiger partial charge in [-0.1, -0.05) is 13.8 Å². The standard InChI is InChI=1S/C9H17FN2/c1-7(2)9(6-11)8(3)12-5-4-10/h6-7H,4-5,11H2,1-3H3/b9-6-,12-8?. The van der Waals surface area contributed by atoms with E-state index in [1.165, 1.54) is 0 Å². The molecule has 0 spiro atoms. The second-order valence-electron chi connectivity index (χ2n) is 2.93. The van der Waals surface area contributed by atoms with Crippen LogP contribution in [0.15, 0.2) is 16.8 Å². The molecular weight excluding hydrogens is 155 g/mol. The van der Waals surface area contributed by atoms with Gasteiger partial charge in [-0.2, -0.15) is 0 Å². The van der Waals surface area contributed by atoms with Crippen LogP contribution in [0.25, 0.3) is 0 Å². The molecule has 0 heterocycles. The third-order valence-electron chi connectivity index (χ3n) is 1.65. The summed E-state index contributed by atoms with van der Waals surface area (Å²) in [4.78, 5) is 4.03. The summed E-state index contributed by atoms with van der Waals surface area (Å²) in [6, 6.07) is 0. The molecule has 12 heavy (non-hydrogen) atoms. The van der Waals surface area contributed by atoms with Crippen LogP contribution in [0.4, 0.5) is 4.39 Å². The highest BCUT2D eigenvalue weighted by Gasteiger charge is 2.04. The van der Waals surface area contributed by atoms with E-state index in [1.807, 2.05) is 20.8 Å². The van der Waals surface area contributed by atoms with Crippen molar-refractivity contribution in [1.29, 1.82) is 0 Å². The van der Waals surface area contributed by atoms with Crippen LogP contribution >= 0.6 is 0 Å². The minimum absolute atomic E-state index is 0.232. The number of halogens is 1. The van der Waals surface area contributed by atoms with E-state index >= 15 is 0 Å². The van der Waals surface area contributed by atoms with E-state index in [0.29, 0.717) is 5.92 Å². The van der Waals surface area contributed by atoms with Gasteiger partial charge in [-0.05, 0) is 24.6 Å². The van der Waals surface area contributed by atoms with Gasteiger partial charge in [-0.15, -0.1) is 0 Å². The fraction of sp³-hybridized carbons (Fsp3) is 0.667. The molecule has 0 aromatic carbocycles. The lowest BCUT2D eigenvalue weighted by Crippen LogP contribution is -2.08. The number of nitrogens with two attached hydrogens (primary N) is 1. The molecule has 0 rings (SSSR count). The van der Waals surface area contributed by atoms with Crippen LogP contribution in [-0.2, 0) is 0 Å². The lowest BCUT2D eigenvalue weighted by molar-refractivity contribution is 0.504. The second-order valence-corrected chi connectivity index (χ2v) is 2.93. The molecule has 0 bridgehead atoms. The minimum atomic E-state index is -0.409. The first-order valence-electron chi connectivity index (χ1n) is 4.12. The molecule has 0 radical (unpaired) electrons. The van der Waals surface area contributed by atoms with E-state index in [9.17, 15) is 4.39 Å². The highest BCUT2D eigenvalue weighted by atomic mass is 19.1. The van der Waals surface area contributed by atoms with E-state index in [-0.39, 0.29) is 6.54 Å². The topological polar surface area (TPSA) is 38.4 Å². The van der Waals surface area contributed by atoms with Gasteiger partial charge in [0.15, 0.2) is 0 Å². The highest BCUT2D eigenvalue weighted by Crippen LogP contribution is 2.09. The Hall–Kier alpha value is -0.860. The van der Waals surface area contributed by atoms with Crippen molar-refractivity contribution in [3.8, 4) is 0 Å². The number of hydrogen-bond donors (Lipinski definition) is 1. The van der Waals surface area contributed by atoms with Crippen LogP contribution in [0.2, 0.25) is 0 Å². The predicted octanol–water partition coefficient (Wildman–Crippen LogP) is 1.92. The molecule has 0 aliphatic carbocycles. The fourth-order valence-electron chi connectivity index (χ4n) is 1.03. The summed E-state index contributed by atoms with van der Waals surface area (Å²) in [6.45, 7) is 5.75. The Morgan fingerprint density at radius 2 is 2.17 bits per heavy atom. The number of rotatable bonds is 4. The monoisotopic (exact) mass is 172 g/mol. The summed E-state index contributed by atoms with van der Waals surface area (Å²) in [5, 5.41) is 0. The summed E-state index contributed by atoms with van der Waals surface area (Å²) < 4.78 is 11.8. The Labute approximate surface area is 73.4 Å². The molecule has 0 unspecified atom stereocenters. The lowest BCUT2D eigenvalue weighted by atomic mass is 10.0. The van der Waals surface area contributed by atoms with E-state index in [1.54, 1.807) is 6.20 Å². The largest absolute Gasteiger partial charge is 0.404 e. The van der Waals surface area contributed by atoms with Crippen molar-refractivity contribution in [2.45, 2.75) is 20.8 Å². The van der Waals surface area contributed by atoms with Crippen molar-refractivity contribution >= 4 is 5.71 Å². The fourth-order valence-corrected chi connectivity index (χ4v) is 1.03. The molecule has 0 aliphatic rings. The maximum atomic E-state index is 11.8. The molecule has 2 nitrogen and oxygen atoms in total. The molecule has 0 fully saturated rings. The van der Waals surface area contributed by atoms with Gasteiger partial charge in [0, 0.05) is 5.71 Å². The van der Waals surface area contributed by atoms with Crippen molar-refractivity contribution in [1.82, 2.24) is 0 Å². The molecule has 0 amide bonds. The zero-order valence-corrected chi connectivity index (χ0v) is 7.97. The Kier molecular flexibility index (Phi) is 5.34. The summed E-state index contributed by atoms with van der Waals surface area (Å²) in [7, 11) is 0. The van der Waals surface area contributed by atoms with Crippen molar-refractivity contribution in [3.63, 3.8) is 0 Å². The average Bonchev–Trinajstić information content (AvgIpc) is 2.01. The molecule has 0 aromatic rings. The van der Waals surface area contributed by atoms with Crippen LogP contribution in [0, 0.1) is 5.92 Å². The van der Waals surface area contributed by atoms with Crippen LogP contribution in [0.3, 0.4) is 0 Å². The normalized spacial score (nSPS) is 14.1. The van der Waals surface area contributed by atoms with Gasteiger partial charge in [0.05, 0.1) is 6.54 Å². The number of alkyl halides is 1. The molecule has 70 valence electrons. The first-order valence-corrected chi connectivity index (χ1v) is 4.12. The summed E-state index contributed by atoms with van der Waals surface area (Å²) in [5.41, 5.74) is 7.24. The van der Waals surface area contributed by atoms with Crippen molar-refractivity contribution in [2.24, 2.45) is 16.6 Å². The zero-order chi connectivity index (χ0) is 9.56. The average molecular weight is 172 g/mol. The number of hydrogen-bond acceptors (Lipinski definition) is 2. The molecule has 3 heteroatoms. The van der Waals surface area contributed by atoms with E-state index in [0.717, 1.165) is 11.3 Å². The third kappa shape index (κ3) is 3.51. The van der Waals surface area contributed by atoms with Crippen molar-refractivity contribution in [2.75, 3.05) is 13.2 Å². The van der Waals surface area contributed by atoms with Gasteiger partial charge in [0.25, 0.3) is 0 Å². The molecule has 2 N–H and O–H groups in total. The third-order valence-corrected chi connectivity index (χ3v) is 1.65. The van der Waals surface area contributed by atoms with E-state index < -0.39 is 6.67 Å². The molecule has 0 aromatic heterocycles. The first-order chi connectivity index (χ1) is 5.63. The summed E-state index contributed by atoms with van der Waals surface area (Å²) in [6.07, 6.45) is 1.54. The maximum absolute atomic E-state index is 11.8. The lowest BCUT2D eigenvalue weighted by Gasteiger charge is -2.09. The summed E-state index contributed by atoms with van der Waals surface area (Å²) in [5.74, 6) is 0.346. The maximum Gasteiger partial charge on any atom is 0.109 e. The molecule has 0 saturated carbocycles. The van der Waals surface area contributed by atoms with Gasteiger partial charge >= 0.3 is 0 Å². The first kappa shape index (κ1) is 11.1. The number of nitrogens with zero attached hydrogens (tertiary/aromatic N) is 1. The van der Waals surface area contributed by atoms with Crippen LogP contribution in [0.1, 0.15) is 20.8 Å². The van der Waals surface area contributed by atoms with Crippen LogP contribution in [-0.4, -0.2) is 18.9 Å². The van der Waals surface area contributed by atoms with Crippen molar-refractivity contribution in [3.05, 3.63) is 11.8 Å². The van der Waals surface area contributed by atoms with Gasteiger partial charge < -0.3 is 5.73 Å². The predicted molar refractivity (Wildman–Crippen MR) is 51.1 cm³/mol. The number of allylic oxidation sites excluding steroid dienone is 1. The highest BCUT2D eigenvalue weighted by molar-refractivity contribution is 5.98. The Balaban J connectivity index is 4.32. The van der Waals surface area contributed by atoms with Gasteiger partial charge in [0.2, 0.25) is 0 Å². The van der Waals surface area contributed by atoms with Gasteiger partial charge in [0.1, 0.15) is 6.67 Å².